The highest BCUT2D eigenvalue weighted by atomic mass is 16.3. The molecule has 10 heavy (non-hydrogen) atoms. The topological polar surface area (TPSA) is 36.9 Å². The monoisotopic (exact) mass is 135 g/mol. The normalized spacial score (nSPS) is 9.20. The molecule has 0 aliphatic rings. The van der Waals surface area contributed by atoms with Crippen molar-refractivity contribution in [2.24, 2.45) is 0 Å². The van der Waals surface area contributed by atoms with Crippen LogP contribution in [-0.2, 0) is 6.42 Å². The molecule has 0 amide bonds. The van der Waals surface area contributed by atoms with Crippen LogP contribution in [0.3, 0.4) is 0 Å². The number of nitrogens with zero attached hydrogens (tertiary/aromatic N) is 1. The Morgan fingerprint density at radius 1 is 1.70 bits per heavy atom. The maximum absolute atomic E-state index is 8.28. The lowest BCUT2D eigenvalue weighted by atomic mass is 10.1. The van der Waals surface area contributed by atoms with Crippen LogP contribution in [0.15, 0.2) is 16.7 Å². The molecule has 0 saturated heterocycles. The molecule has 1 aromatic heterocycles. The minimum atomic E-state index is 0.570. The van der Waals surface area contributed by atoms with Gasteiger partial charge in [0.25, 0.3) is 0 Å². The zero-order valence-corrected chi connectivity index (χ0v) is 5.92. The standard InChI is InChI=1S/C8H9NO/c1-7-8(3-2-5-9)4-6-10-7/h4,6H,2-3H2,1H3. The zero-order chi connectivity index (χ0) is 7.40. The Kier molecular flexibility index (Phi) is 2.11. The molecule has 52 valence electrons. The van der Waals surface area contributed by atoms with E-state index in [1.54, 1.807) is 6.26 Å². The van der Waals surface area contributed by atoms with Gasteiger partial charge in [-0.1, -0.05) is 0 Å². The molecule has 0 fully saturated rings. The van der Waals surface area contributed by atoms with Gasteiger partial charge < -0.3 is 4.42 Å². The van der Waals surface area contributed by atoms with Crippen LogP contribution >= 0.6 is 0 Å². The van der Waals surface area contributed by atoms with Crippen molar-refractivity contribution in [2.75, 3.05) is 0 Å². The largest absolute Gasteiger partial charge is 0.469 e. The zero-order valence-electron chi connectivity index (χ0n) is 5.92. The van der Waals surface area contributed by atoms with E-state index >= 15 is 0 Å². The first kappa shape index (κ1) is 6.88. The van der Waals surface area contributed by atoms with Gasteiger partial charge in [0, 0.05) is 6.42 Å². The lowest BCUT2D eigenvalue weighted by Crippen LogP contribution is -1.81. The van der Waals surface area contributed by atoms with E-state index in [9.17, 15) is 0 Å². The fourth-order valence-electron chi connectivity index (χ4n) is 0.861. The highest BCUT2D eigenvalue weighted by Gasteiger charge is 1.98. The number of aryl methyl sites for hydroxylation is 2. The van der Waals surface area contributed by atoms with Crippen molar-refractivity contribution in [2.45, 2.75) is 19.8 Å². The Morgan fingerprint density at radius 2 is 2.50 bits per heavy atom. The van der Waals surface area contributed by atoms with Crippen molar-refractivity contribution in [3.63, 3.8) is 0 Å². The van der Waals surface area contributed by atoms with Gasteiger partial charge >= 0.3 is 0 Å². The van der Waals surface area contributed by atoms with E-state index in [1.807, 2.05) is 13.0 Å². The van der Waals surface area contributed by atoms with Gasteiger partial charge in [-0.3, -0.25) is 0 Å². The first-order valence-electron chi connectivity index (χ1n) is 3.24. The summed E-state index contributed by atoms with van der Waals surface area (Å²) in [5, 5.41) is 8.28. The molecule has 0 aliphatic carbocycles. The molecular formula is C8H9NO. The van der Waals surface area contributed by atoms with Crippen LogP contribution in [0.4, 0.5) is 0 Å². The molecule has 1 aromatic rings. The van der Waals surface area contributed by atoms with Crippen LogP contribution in [0, 0.1) is 18.3 Å². The van der Waals surface area contributed by atoms with E-state index in [0.29, 0.717) is 6.42 Å². The highest BCUT2D eigenvalue weighted by molar-refractivity contribution is 5.16. The van der Waals surface area contributed by atoms with Crippen LogP contribution in [0.25, 0.3) is 0 Å². The van der Waals surface area contributed by atoms with Gasteiger partial charge in [0.05, 0.1) is 12.3 Å². The van der Waals surface area contributed by atoms with Crippen molar-refractivity contribution >= 4 is 0 Å². The van der Waals surface area contributed by atoms with Gasteiger partial charge in [0.2, 0.25) is 0 Å². The van der Waals surface area contributed by atoms with Crippen molar-refractivity contribution in [3.05, 3.63) is 23.7 Å². The summed E-state index contributed by atoms with van der Waals surface area (Å²) in [7, 11) is 0. The number of rotatable bonds is 2. The third-order valence-corrected chi connectivity index (χ3v) is 1.47. The molecule has 0 aromatic carbocycles. The summed E-state index contributed by atoms with van der Waals surface area (Å²) in [6.07, 6.45) is 3.03. The summed E-state index contributed by atoms with van der Waals surface area (Å²) in [4.78, 5) is 0. The first-order chi connectivity index (χ1) is 4.84. The highest BCUT2D eigenvalue weighted by Crippen LogP contribution is 2.10. The van der Waals surface area contributed by atoms with Gasteiger partial charge in [0.1, 0.15) is 5.76 Å². The van der Waals surface area contributed by atoms with E-state index in [2.05, 4.69) is 6.07 Å². The van der Waals surface area contributed by atoms with Gasteiger partial charge in [-0.15, -0.1) is 0 Å². The average Bonchev–Trinajstić information content (AvgIpc) is 2.31. The summed E-state index contributed by atoms with van der Waals surface area (Å²) < 4.78 is 5.05. The van der Waals surface area contributed by atoms with Crippen LogP contribution in [0.1, 0.15) is 17.7 Å². The van der Waals surface area contributed by atoms with Crippen LogP contribution in [0.5, 0.6) is 0 Å². The lowest BCUT2D eigenvalue weighted by Gasteiger charge is -1.89. The van der Waals surface area contributed by atoms with Crippen molar-refractivity contribution in [3.8, 4) is 6.07 Å². The summed E-state index contributed by atoms with van der Waals surface area (Å²) in [6.45, 7) is 1.91. The fourth-order valence-corrected chi connectivity index (χ4v) is 0.861. The predicted octanol–water partition coefficient (Wildman–Crippen LogP) is 2.04. The van der Waals surface area contributed by atoms with E-state index in [-0.39, 0.29) is 0 Å². The second-order valence-electron chi connectivity index (χ2n) is 2.16. The molecule has 1 heterocycles. The molecule has 2 heteroatoms. The molecule has 0 atom stereocenters. The Balaban J connectivity index is 2.59. The van der Waals surface area contributed by atoms with Crippen LogP contribution in [-0.4, -0.2) is 0 Å². The molecule has 0 N–H and O–H groups in total. The average molecular weight is 135 g/mol. The summed E-state index contributed by atoms with van der Waals surface area (Å²) in [5.41, 5.74) is 1.14. The van der Waals surface area contributed by atoms with Crippen molar-refractivity contribution in [1.82, 2.24) is 0 Å². The maximum Gasteiger partial charge on any atom is 0.103 e. The Labute approximate surface area is 60.1 Å². The van der Waals surface area contributed by atoms with E-state index in [1.165, 1.54) is 0 Å². The second kappa shape index (κ2) is 3.07. The summed E-state index contributed by atoms with van der Waals surface area (Å²) >= 11 is 0. The maximum atomic E-state index is 8.28. The molecule has 1 rings (SSSR count). The third-order valence-electron chi connectivity index (χ3n) is 1.47. The minimum Gasteiger partial charge on any atom is -0.469 e. The minimum absolute atomic E-state index is 0.570. The Bertz CT molecular complexity index is 244. The molecular weight excluding hydrogens is 126 g/mol. The molecule has 0 saturated carbocycles. The van der Waals surface area contributed by atoms with Gasteiger partial charge in [-0.25, -0.2) is 0 Å². The molecule has 0 radical (unpaired) electrons. The molecule has 0 aliphatic heterocycles. The van der Waals surface area contributed by atoms with Crippen LogP contribution in [0.2, 0.25) is 0 Å². The van der Waals surface area contributed by atoms with Gasteiger partial charge in [0.15, 0.2) is 0 Å². The molecule has 0 bridgehead atoms. The first-order valence-corrected chi connectivity index (χ1v) is 3.24. The molecule has 0 unspecified atom stereocenters. The number of hydrogen-bond acceptors (Lipinski definition) is 2. The van der Waals surface area contributed by atoms with E-state index in [0.717, 1.165) is 17.7 Å². The van der Waals surface area contributed by atoms with E-state index in [4.69, 9.17) is 9.68 Å². The van der Waals surface area contributed by atoms with Gasteiger partial charge in [-0.2, -0.15) is 5.26 Å². The summed E-state index contributed by atoms with van der Waals surface area (Å²) in [5.74, 6) is 0.926. The quantitative estimate of drug-likeness (QED) is 0.622. The second-order valence-corrected chi connectivity index (χ2v) is 2.16. The Morgan fingerprint density at radius 3 is 3.00 bits per heavy atom. The molecule has 2 nitrogen and oxygen atoms in total. The van der Waals surface area contributed by atoms with Gasteiger partial charge in [-0.05, 0) is 25.0 Å². The third kappa shape index (κ3) is 1.38. The predicted molar refractivity (Wildman–Crippen MR) is 37.4 cm³/mol. The van der Waals surface area contributed by atoms with Crippen LogP contribution < -0.4 is 0 Å². The number of furan rings is 1. The number of nitriles is 1. The molecule has 0 spiro atoms. The SMILES string of the molecule is Cc1occc1CCC#N. The fraction of sp³-hybridized carbons (Fsp3) is 0.375. The number of hydrogen-bond donors (Lipinski definition) is 0. The smallest absolute Gasteiger partial charge is 0.103 e. The van der Waals surface area contributed by atoms with Crippen molar-refractivity contribution < 1.29 is 4.42 Å². The lowest BCUT2D eigenvalue weighted by molar-refractivity contribution is 0.530. The summed E-state index contributed by atoms with van der Waals surface area (Å²) in [6, 6.07) is 4.00. The van der Waals surface area contributed by atoms with Crippen molar-refractivity contribution in [1.29, 1.82) is 5.26 Å². The van der Waals surface area contributed by atoms with E-state index < -0.39 is 0 Å². The Hall–Kier alpha value is -1.23.